The Bertz CT molecular complexity index is 1050. The minimum Gasteiger partial charge on any atom is -0.469 e. The van der Waals surface area contributed by atoms with Gasteiger partial charge in [0, 0.05) is 31.3 Å². The number of likely N-dealkylation sites (tertiary alicyclic amines) is 1. The predicted octanol–water partition coefficient (Wildman–Crippen LogP) is 3.15. The quantitative estimate of drug-likeness (QED) is 0.691. The number of carbonyl (C=O) groups excluding carboxylic acids is 3. The lowest BCUT2D eigenvalue weighted by Crippen LogP contribution is -2.55. The van der Waals surface area contributed by atoms with E-state index in [0.29, 0.717) is 6.07 Å². The van der Waals surface area contributed by atoms with Gasteiger partial charge in [0.15, 0.2) is 11.5 Å². The van der Waals surface area contributed by atoms with Crippen molar-refractivity contribution in [2.24, 2.45) is 5.92 Å². The number of hydrogen-bond acceptors (Lipinski definition) is 7. The number of esters is 1. The molecule has 1 aliphatic rings. The topological polar surface area (TPSA) is 111 Å². The first kappa shape index (κ1) is 24.1. The van der Waals surface area contributed by atoms with Gasteiger partial charge in [-0.05, 0) is 39.3 Å². The number of aromatic nitrogens is 1. The van der Waals surface area contributed by atoms with Gasteiger partial charge in [0.05, 0.1) is 18.6 Å². The van der Waals surface area contributed by atoms with Crippen molar-refractivity contribution in [3.8, 4) is 11.3 Å². The number of nitrogens with zero attached hydrogens (tertiary/aromatic N) is 2. The fraction of sp³-hybridized carbons (Fsp3) is 0.455. The fourth-order valence-electron chi connectivity index (χ4n) is 3.45. The zero-order chi connectivity index (χ0) is 24.3. The molecule has 2 atom stereocenters. The summed E-state index contributed by atoms with van der Waals surface area (Å²) in [5.74, 6) is -3.75. The molecule has 1 saturated heterocycles. The number of ether oxygens (including phenoxy) is 2. The van der Waals surface area contributed by atoms with Crippen LogP contribution in [0.4, 0.5) is 13.6 Å². The fourth-order valence-corrected chi connectivity index (χ4v) is 3.45. The molecule has 1 aromatic heterocycles. The molecule has 0 spiro atoms. The Morgan fingerprint density at radius 3 is 2.58 bits per heavy atom. The Balaban J connectivity index is 1.71. The Morgan fingerprint density at radius 2 is 1.94 bits per heavy atom. The molecule has 178 valence electrons. The van der Waals surface area contributed by atoms with E-state index in [9.17, 15) is 23.2 Å². The standard InChI is InChI=1S/C22H25F2N3O6/c1-22(2,3)32-21(30)27-8-7-16(14(11-27)20(29)31-4)25-19(28)17-10-18(33-26-17)13-6-5-12(23)9-15(13)24/h5-6,9-10,14,16H,7-8,11H2,1-4H3,(H,25,28)/t14-,16+/m1/s1. The van der Waals surface area contributed by atoms with Crippen LogP contribution in [0.5, 0.6) is 0 Å². The number of amides is 2. The molecule has 0 unspecified atom stereocenters. The number of rotatable bonds is 4. The summed E-state index contributed by atoms with van der Waals surface area (Å²) in [6, 6.07) is 3.49. The molecule has 9 nitrogen and oxygen atoms in total. The van der Waals surface area contributed by atoms with Gasteiger partial charge in [-0.2, -0.15) is 0 Å². The third-order valence-electron chi connectivity index (χ3n) is 5.02. The Hall–Kier alpha value is -3.50. The van der Waals surface area contributed by atoms with E-state index >= 15 is 0 Å². The Labute approximate surface area is 189 Å². The summed E-state index contributed by atoms with van der Waals surface area (Å²) in [5.41, 5.74) is -0.898. The van der Waals surface area contributed by atoms with Crippen molar-refractivity contribution in [3.05, 3.63) is 41.6 Å². The molecule has 33 heavy (non-hydrogen) atoms. The summed E-state index contributed by atoms with van der Waals surface area (Å²) in [5, 5.41) is 6.35. The van der Waals surface area contributed by atoms with Gasteiger partial charge in [-0.3, -0.25) is 9.59 Å². The van der Waals surface area contributed by atoms with Crippen LogP contribution in [0, 0.1) is 17.6 Å². The van der Waals surface area contributed by atoms with Crippen LogP contribution < -0.4 is 5.32 Å². The van der Waals surface area contributed by atoms with Crippen LogP contribution in [0.2, 0.25) is 0 Å². The van der Waals surface area contributed by atoms with E-state index in [-0.39, 0.29) is 36.5 Å². The van der Waals surface area contributed by atoms with Gasteiger partial charge >= 0.3 is 12.1 Å². The van der Waals surface area contributed by atoms with Crippen LogP contribution in [-0.2, 0) is 14.3 Å². The lowest BCUT2D eigenvalue weighted by molar-refractivity contribution is -0.148. The monoisotopic (exact) mass is 465 g/mol. The smallest absolute Gasteiger partial charge is 0.410 e. The first-order valence-electron chi connectivity index (χ1n) is 10.3. The summed E-state index contributed by atoms with van der Waals surface area (Å²) in [4.78, 5) is 38.8. The number of benzene rings is 1. The molecule has 0 radical (unpaired) electrons. The van der Waals surface area contributed by atoms with Crippen molar-refractivity contribution in [1.29, 1.82) is 0 Å². The normalized spacial score (nSPS) is 18.5. The molecule has 0 saturated carbocycles. The molecule has 0 aliphatic carbocycles. The van der Waals surface area contributed by atoms with Crippen LogP contribution in [0.15, 0.2) is 28.8 Å². The van der Waals surface area contributed by atoms with Crippen LogP contribution in [0.3, 0.4) is 0 Å². The second-order valence-corrected chi connectivity index (χ2v) is 8.63. The first-order valence-corrected chi connectivity index (χ1v) is 10.3. The van der Waals surface area contributed by atoms with E-state index in [2.05, 4.69) is 10.5 Å². The van der Waals surface area contributed by atoms with E-state index in [1.165, 1.54) is 24.1 Å². The molecule has 1 aromatic carbocycles. The number of methoxy groups -OCH3 is 1. The van der Waals surface area contributed by atoms with Crippen LogP contribution >= 0.6 is 0 Å². The molecule has 1 fully saturated rings. The van der Waals surface area contributed by atoms with E-state index in [1.807, 2.05) is 0 Å². The average Bonchev–Trinajstić information content (AvgIpc) is 3.22. The molecular weight excluding hydrogens is 440 g/mol. The number of carbonyl (C=O) groups is 3. The molecule has 0 bridgehead atoms. The van der Waals surface area contributed by atoms with Crippen LogP contribution in [0.25, 0.3) is 11.3 Å². The summed E-state index contributed by atoms with van der Waals surface area (Å²) >= 11 is 0. The zero-order valence-electron chi connectivity index (χ0n) is 18.7. The first-order chi connectivity index (χ1) is 15.5. The highest BCUT2D eigenvalue weighted by Gasteiger charge is 2.39. The van der Waals surface area contributed by atoms with Gasteiger partial charge in [-0.15, -0.1) is 0 Å². The molecule has 3 rings (SSSR count). The van der Waals surface area contributed by atoms with Crippen molar-refractivity contribution < 1.29 is 37.2 Å². The van der Waals surface area contributed by atoms with Gasteiger partial charge in [0.2, 0.25) is 0 Å². The van der Waals surface area contributed by atoms with Gasteiger partial charge in [-0.1, -0.05) is 5.16 Å². The van der Waals surface area contributed by atoms with Gasteiger partial charge in [-0.25, -0.2) is 13.6 Å². The maximum absolute atomic E-state index is 14.0. The third kappa shape index (κ3) is 5.85. The lowest BCUT2D eigenvalue weighted by Gasteiger charge is -2.37. The molecular formula is C22H25F2N3O6. The summed E-state index contributed by atoms with van der Waals surface area (Å²) in [6.07, 6.45) is -0.300. The Morgan fingerprint density at radius 1 is 1.21 bits per heavy atom. The number of piperidine rings is 1. The average molecular weight is 465 g/mol. The highest BCUT2D eigenvalue weighted by Crippen LogP contribution is 2.25. The summed E-state index contributed by atoms with van der Waals surface area (Å²) in [6.45, 7) is 5.45. The lowest BCUT2D eigenvalue weighted by atomic mass is 9.92. The van der Waals surface area contributed by atoms with Gasteiger partial charge in [0.25, 0.3) is 5.91 Å². The second-order valence-electron chi connectivity index (χ2n) is 8.63. The third-order valence-corrected chi connectivity index (χ3v) is 5.02. The maximum atomic E-state index is 14.0. The van der Waals surface area contributed by atoms with Crippen molar-refractivity contribution in [2.75, 3.05) is 20.2 Å². The van der Waals surface area contributed by atoms with E-state index in [1.54, 1.807) is 20.8 Å². The molecule has 1 aliphatic heterocycles. The minimum absolute atomic E-state index is 0.00259. The largest absolute Gasteiger partial charge is 0.469 e. The number of halogens is 2. The highest BCUT2D eigenvalue weighted by atomic mass is 19.1. The molecule has 2 heterocycles. The van der Waals surface area contributed by atoms with Crippen LogP contribution in [0.1, 0.15) is 37.7 Å². The number of hydrogen-bond donors (Lipinski definition) is 1. The Kier molecular flexibility index (Phi) is 6.99. The summed E-state index contributed by atoms with van der Waals surface area (Å²) < 4.78 is 42.3. The van der Waals surface area contributed by atoms with E-state index in [0.717, 1.165) is 6.07 Å². The highest BCUT2D eigenvalue weighted by molar-refractivity contribution is 5.93. The van der Waals surface area contributed by atoms with Crippen molar-refractivity contribution in [3.63, 3.8) is 0 Å². The van der Waals surface area contributed by atoms with Crippen molar-refractivity contribution >= 4 is 18.0 Å². The molecule has 2 aromatic rings. The zero-order valence-corrected chi connectivity index (χ0v) is 18.7. The SMILES string of the molecule is COC(=O)[C@@H]1CN(C(=O)OC(C)(C)C)CC[C@@H]1NC(=O)c1cc(-c2ccc(F)cc2F)on1. The predicted molar refractivity (Wildman–Crippen MR) is 111 cm³/mol. The number of nitrogens with one attached hydrogen (secondary N) is 1. The van der Waals surface area contributed by atoms with Crippen molar-refractivity contribution in [1.82, 2.24) is 15.4 Å². The van der Waals surface area contributed by atoms with Crippen LogP contribution in [-0.4, -0.2) is 59.9 Å². The van der Waals surface area contributed by atoms with Gasteiger partial charge in [0.1, 0.15) is 17.2 Å². The van der Waals surface area contributed by atoms with E-state index < -0.39 is 47.2 Å². The minimum atomic E-state index is -0.863. The van der Waals surface area contributed by atoms with Gasteiger partial charge < -0.3 is 24.2 Å². The molecule has 2 amide bonds. The maximum Gasteiger partial charge on any atom is 0.410 e. The molecule has 11 heteroatoms. The van der Waals surface area contributed by atoms with Crippen molar-refractivity contribution in [2.45, 2.75) is 38.8 Å². The summed E-state index contributed by atoms with van der Waals surface area (Å²) in [7, 11) is 1.22. The second kappa shape index (κ2) is 9.55. The van der Waals surface area contributed by atoms with E-state index in [4.69, 9.17) is 14.0 Å². The molecule has 1 N–H and O–H groups in total.